The number of rotatable bonds is 12. The van der Waals surface area contributed by atoms with E-state index in [-0.39, 0.29) is 11.9 Å². The van der Waals surface area contributed by atoms with Gasteiger partial charge in [0.25, 0.3) is 8.32 Å². The van der Waals surface area contributed by atoms with Crippen LogP contribution in [0.1, 0.15) is 59.4 Å². The summed E-state index contributed by atoms with van der Waals surface area (Å²) in [4.78, 5) is 16.6. The first-order valence-corrected chi connectivity index (χ1v) is 16.4. The van der Waals surface area contributed by atoms with Crippen LogP contribution < -0.4 is 15.1 Å². The van der Waals surface area contributed by atoms with Crippen LogP contribution in [0.3, 0.4) is 0 Å². The van der Waals surface area contributed by atoms with E-state index in [2.05, 4.69) is 23.2 Å². The molecule has 39 heavy (non-hydrogen) atoms. The highest BCUT2D eigenvalue weighted by atomic mass is 35.5. The molecule has 3 aromatic rings. The second-order valence-corrected chi connectivity index (χ2v) is 17.3. The van der Waals surface area contributed by atoms with Crippen molar-refractivity contribution in [1.29, 1.82) is 0 Å². The van der Waals surface area contributed by atoms with Crippen molar-refractivity contribution in [3.63, 3.8) is 0 Å². The monoisotopic (exact) mass is 586 g/mol. The Hall–Kier alpha value is -2.20. The van der Waals surface area contributed by atoms with Gasteiger partial charge in [-0.15, -0.1) is 0 Å². The fourth-order valence-corrected chi connectivity index (χ4v) is 9.22. The molecule has 1 aromatic heterocycles. The zero-order valence-corrected chi connectivity index (χ0v) is 26.2. The lowest BCUT2D eigenvalue weighted by atomic mass is 10.00. The first kappa shape index (κ1) is 31.3. The Bertz CT molecular complexity index is 1200. The summed E-state index contributed by atoms with van der Waals surface area (Å²) >= 11 is 4.90. The molecular weight excluding hydrogens is 548 g/mol. The Balaban J connectivity index is 1.96. The molecule has 9 heteroatoms. The highest BCUT2D eigenvalue weighted by Crippen LogP contribution is 2.41. The van der Waals surface area contributed by atoms with Gasteiger partial charge in [-0.05, 0) is 61.5 Å². The Morgan fingerprint density at radius 1 is 1.00 bits per heavy atom. The van der Waals surface area contributed by atoms with Crippen molar-refractivity contribution >= 4 is 47.4 Å². The quantitative estimate of drug-likeness (QED) is 0.0971. The third kappa shape index (κ3) is 7.51. The number of pyridine rings is 1. The number of ether oxygens (including phenoxy) is 2. The molecule has 3 rings (SSSR count). The molecule has 0 aliphatic carbocycles. The minimum atomic E-state index is -3.15. The van der Waals surface area contributed by atoms with Gasteiger partial charge in [0.2, 0.25) is 0 Å². The number of methoxy groups -OCH3 is 1. The van der Waals surface area contributed by atoms with E-state index in [1.54, 1.807) is 12.3 Å². The maximum Gasteiger partial charge on any atom is 0.258 e. The van der Waals surface area contributed by atoms with Crippen LogP contribution in [0.4, 0.5) is 0 Å². The highest BCUT2D eigenvalue weighted by molar-refractivity contribution is 7.91. The zero-order chi connectivity index (χ0) is 28.7. The third-order valence-electron chi connectivity index (χ3n) is 6.79. The van der Waals surface area contributed by atoms with E-state index in [9.17, 15) is 9.35 Å². The van der Waals surface area contributed by atoms with Gasteiger partial charge in [-0.1, -0.05) is 90.5 Å². The van der Waals surface area contributed by atoms with E-state index in [0.29, 0.717) is 36.3 Å². The van der Waals surface area contributed by atoms with E-state index in [0.717, 1.165) is 10.4 Å². The summed E-state index contributed by atoms with van der Waals surface area (Å²) in [7, 11) is -1.62. The molecule has 0 fully saturated rings. The van der Waals surface area contributed by atoms with Crippen molar-refractivity contribution in [2.75, 3.05) is 13.9 Å². The largest absolute Gasteiger partial charge is 0.591 e. The van der Waals surface area contributed by atoms with Crippen LogP contribution in [0.25, 0.3) is 0 Å². The molecule has 0 saturated carbocycles. The predicted molar refractivity (Wildman–Crippen MR) is 164 cm³/mol. The SMILES string of the molecule is COCOc1c(/C(CCCC(C)(C)[Si](O)(c2ccccc2)c2ccccc2)=N\[S+]([O-])C(C)(C)C)ccnc1Cl. The number of hydrogen-bond acceptors (Lipinski definition) is 6. The summed E-state index contributed by atoms with van der Waals surface area (Å²) in [5.74, 6) is 0.351. The van der Waals surface area contributed by atoms with E-state index in [1.165, 1.54) is 7.11 Å². The second kappa shape index (κ2) is 13.4. The van der Waals surface area contributed by atoms with Crippen LogP contribution in [-0.2, 0) is 16.1 Å². The molecule has 0 aliphatic rings. The molecule has 0 amide bonds. The molecule has 1 heterocycles. The first-order chi connectivity index (χ1) is 18.4. The van der Waals surface area contributed by atoms with Gasteiger partial charge >= 0.3 is 0 Å². The van der Waals surface area contributed by atoms with Crippen LogP contribution in [0.2, 0.25) is 10.2 Å². The number of benzene rings is 2. The van der Waals surface area contributed by atoms with Crippen molar-refractivity contribution in [2.45, 2.75) is 63.7 Å². The molecule has 0 aliphatic heterocycles. The lowest BCUT2D eigenvalue weighted by molar-refractivity contribution is 0.0508. The van der Waals surface area contributed by atoms with Gasteiger partial charge in [-0.25, -0.2) is 4.98 Å². The summed E-state index contributed by atoms with van der Waals surface area (Å²) in [5, 5.41) is 1.71. The van der Waals surface area contributed by atoms with E-state index >= 15 is 0 Å². The maximum absolute atomic E-state index is 13.1. The molecule has 0 radical (unpaired) electrons. The molecule has 210 valence electrons. The first-order valence-electron chi connectivity index (χ1n) is 13.0. The van der Waals surface area contributed by atoms with Gasteiger partial charge < -0.3 is 18.8 Å². The minimum absolute atomic E-state index is 0.00608. The normalized spacial score (nSPS) is 13.8. The van der Waals surface area contributed by atoms with Crippen LogP contribution in [0.5, 0.6) is 5.75 Å². The molecule has 1 atom stereocenters. The minimum Gasteiger partial charge on any atom is -0.591 e. The molecule has 1 N–H and O–H groups in total. The van der Waals surface area contributed by atoms with Crippen LogP contribution >= 0.6 is 11.6 Å². The predicted octanol–water partition coefficient (Wildman–Crippen LogP) is 5.67. The summed E-state index contributed by atoms with van der Waals surface area (Å²) in [6.45, 7) is 9.94. The fourth-order valence-electron chi connectivity index (χ4n) is 4.56. The van der Waals surface area contributed by atoms with Gasteiger partial charge in [-0.2, -0.15) is 0 Å². The van der Waals surface area contributed by atoms with Crippen LogP contribution in [0.15, 0.2) is 77.3 Å². The molecule has 0 spiro atoms. The second-order valence-electron chi connectivity index (χ2n) is 11.1. The van der Waals surface area contributed by atoms with Crippen molar-refractivity contribution < 1.29 is 18.8 Å². The molecular formula is C30H39ClN2O4SSi. The van der Waals surface area contributed by atoms with Gasteiger partial charge in [0.1, 0.15) is 21.8 Å². The van der Waals surface area contributed by atoms with E-state index in [1.807, 2.05) is 81.4 Å². The van der Waals surface area contributed by atoms with Crippen molar-refractivity contribution in [2.24, 2.45) is 4.40 Å². The summed E-state index contributed by atoms with van der Waals surface area (Å²) in [6, 6.07) is 21.7. The summed E-state index contributed by atoms with van der Waals surface area (Å²) < 4.78 is 28.1. The Morgan fingerprint density at radius 3 is 2.08 bits per heavy atom. The van der Waals surface area contributed by atoms with E-state index in [4.69, 9.17) is 21.1 Å². The lowest BCUT2D eigenvalue weighted by Gasteiger charge is -2.41. The topological polar surface area (TPSA) is 87.0 Å². The highest BCUT2D eigenvalue weighted by Gasteiger charge is 2.49. The molecule has 0 saturated heterocycles. The van der Waals surface area contributed by atoms with Crippen molar-refractivity contribution in [3.05, 3.63) is 83.6 Å². The maximum atomic E-state index is 13.1. The fraction of sp³-hybridized carbons (Fsp3) is 0.400. The third-order valence-corrected chi connectivity index (χ3v) is 13.0. The van der Waals surface area contributed by atoms with Gasteiger partial charge in [-0.3, -0.25) is 0 Å². The van der Waals surface area contributed by atoms with Crippen LogP contribution in [0, 0.1) is 0 Å². The molecule has 0 bridgehead atoms. The zero-order valence-electron chi connectivity index (χ0n) is 23.6. The number of aromatic nitrogens is 1. The average molecular weight is 587 g/mol. The standard InChI is InChI=1S/C30H39ClN2O4SSi/c1-29(2,3)38(34)33-26(25-19-21-32-28(31)27(25)37-22-36-6)18-13-20-30(4,5)39(35,23-14-9-7-10-15-23)24-16-11-8-12-17-24/h7-12,14-17,19,21,35H,13,18,20,22H2,1-6H3/b33-26-. The molecule has 2 aromatic carbocycles. The smallest absolute Gasteiger partial charge is 0.258 e. The Kier molecular flexibility index (Phi) is 10.8. The number of halogens is 1. The van der Waals surface area contributed by atoms with E-state index < -0.39 is 29.5 Å². The number of nitrogens with zero attached hydrogens (tertiary/aromatic N) is 2. The Labute approximate surface area is 241 Å². The Morgan fingerprint density at radius 2 is 1.56 bits per heavy atom. The van der Waals surface area contributed by atoms with Gasteiger partial charge in [0, 0.05) is 18.9 Å². The molecule has 6 nitrogen and oxygen atoms in total. The molecule has 1 unspecified atom stereocenters. The van der Waals surface area contributed by atoms with Gasteiger partial charge in [0.15, 0.2) is 17.7 Å². The summed E-state index contributed by atoms with van der Waals surface area (Å²) in [6.07, 6.45) is 3.52. The van der Waals surface area contributed by atoms with Gasteiger partial charge in [0.05, 0.1) is 0 Å². The number of hydrogen-bond donors (Lipinski definition) is 1. The van der Waals surface area contributed by atoms with Crippen LogP contribution in [-0.4, -0.2) is 47.0 Å². The summed E-state index contributed by atoms with van der Waals surface area (Å²) in [5.41, 5.74) is 1.26. The average Bonchev–Trinajstić information content (AvgIpc) is 2.91. The lowest BCUT2D eigenvalue weighted by Crippen LogP contribution is -2.65. The van der Waals surface area contributed by atoms with Crippen molar-refractivity contribution in [1.82, 2.24) is 4.98 Å². The van der Waals surface area contributed by atoms with Crippen molar-refractivity contribution in [3.8, 4) is 5.75 Å².